The summed E-state index contributed by atoms with van der Waals surface area (Å²) in [5.74, 6) is 0.00876. The number of para-hydroxylation sites is 1. The molecule has 0 fully saturated rings. The molecule has 3 aromatic rings. The Kier molecular flexibility index (Phi) is 6.17. The molecule has 0 atom stereocenters. The van der Waals surface area contributed by atoms with Crippen molar-refractivity contribution in [3.63, 3.8) is 0 Å². The van der Waals surface area contributed by atoms with Crippen molar-refractivity contribution >= 4 is 44.9 Å². The van der Waals surface area contributed by atoms with Crippen molar-refractivity contribution in [1.82, 2.24) is 9.55 Å². The van der Waals surface area contributed by atoms with Crippen LogP contribution < -0.4 is 10.5 Å². The lowest BCUT2D eigenvalue weighted by atomic mass is 10.2. The van der Waals surface area contributed by atoms with E-state index >= 15 is 0 Å². The number of carbonyl (C=O) groups is 1. The predicted octanol–water partition coefficient (Wildman–Crippen LogP) is 3.65. The third kappa shape index (κ3) is 3.96. The lowest BCUT2D eigenvalue weighted by Gasteiger charge is -2.21. The summed E-state index contributed by atoms with van der Waals surface area (Å²) >= 11 is 2.74. The smallest absolute Gasteiger partial charge is 0.262 e. The summed E-state index contributed by atoms with van der Waals surface area (Å²) in [5, 5.41) is 10.1. The van der Waals surface area contributed by atoms with Gasteiger partial charge in [-0.15, -0.1) is 11.3 Å². The van der Waals surface area contributed by atoms with E-state index in [1.807, 2.05) is 44.2 Å². The number of benzene rings is 1. The van der Waals surface area contributed by atoms with Crippen LogP contribution in [0, 0.1) is 25.2 Å². The molecular formula is C20H20N4O2S2. The Hall–Kier alpha value is -2.63. The van der Waals surface area contributed by atoms with Gasteiger partial charge in [-0.2, -0.15) is 5.26 Å². The summed E-state index contributed by atoms with van der Waals surface area (Å²) in [5.41, 5.74) is 1.63. The fourth-order valence-corrected chi connectivity index (χ4v) is 4.78. The molecule has 2 aromatic heterocycles. The number of hydrogen-bond donors (Lipinski definition) is 0. The molecule has 8 heteroatoms. The van der Waals surface area contributed by atoms with Crippen LogP contribution in [0.15, 0.2) is 40.3 Å². The standard InChI is InChI=1S/C20H20N4O2S2/c1-13-14(2)28-18-17(13)19(26)23(3)20(22-18)27-12-16(25)24(11-7-10-21)15-8-5-4-6-9-15/h4-6,8-9H,7,11-12H2,1-3H3. The van der Waals surface area contributed by atoms with Crippen molar-refractivity contribution in [2.75, 3.05) is 17.2 Å². The molecule has 28 heavy (non-hydrogen) atoms. The molecule has 1 amide bonds. The minimum atomic E-state index is -0.126. The van der Waals surface area contributed by atoms with Crippen molar-refractivity contribution in [1.29, 1.82) is 5.26 Å². The zero-order chi connectivity index (χ0) is 20.3. The first-order valence-corrected chi connectivity index (χ1v) is 10.6. The third-order valence-electron chi connectivity index (χ3n) is 4.51. The van der Waals surface area contributed by atoms with Crippen LogP contribution in [0.1, 0.15) is 16.9 Å². The van der Waals surface area contributed by atoms with Crippen LogP contribution in [0.3, 0.4) is 0 Å². The van der Waals surface area contributed by atoms with Crippen molar-refractivity contribution < 1.29 is 4.79 Å². The van der Waals surface area contributed by atoms with Gasteiger partial charge in [0, 0.05) is 24.2 Å². The molecule has 0 saturated heterocycles. The average Bonchev–Trinajstić information content (AvgIpc) is 2.98. The van der Waals surface area contributed by atoms with Crippen molar-refractivity contribution in [3.8, 4) is 6.07 Å². The molecular weight excluding hydrogens is 392 g/mol. The number of aryl methyl sites for hydroxylation is 2. The number of thiophene rings is 1. The fraction of sp³-hybridized carbons (Fsp3) is 0.300. The Labute approximate surface area is 171 Å². The molecule has 0 aliphatic rings. The van der Waals surface area contributed by atoms with Gasteiger partial charge < -0.3 is 4.90 Å². The maximum absolute atomic E-state index is 12.8. The van der Waals surface area contributed by atoms with Crippen molar-refractivity contribution in [2.24, 2.45) is 7.05 Å². The fourth-order valence-electron chi connectivity index (χ4n) is 2.86. The molecule has 0 spiro atoms. The molecule has 2 heterocycles. The summed E-state index contributed by atoms with van der Waals surface area (Å²) in [6, 6.07) is 11.4. The van der Waals surface area contributed by atoms with Gasteiger partial charge in [0.25, 0.3) is 5.56 Å². The molecule has 0 bridgehead atoms. The van der Waals surface area contributed by atoms with Gasteiger partial charge in [0.05, 0.1) is 23.6 Å². The van der Waals surface area contributed by atoms with E-state index in [2.05, 4.69) is 11.1 Å². The molecule has 6 nitrogen and oxygen atoms in total. The number of rotatable bonds is 6. The Balaban J connectivity index is 1.84. The predicted molar refractivity (Wildman–Crippen MR) is 114 cm³/mol. The number of carbonyl (C=O) groups excluding carboxylic acids is 1. The van der Waals surface area contributed by atoms with E-state index in [4.69, 9.17) is 5.26 Å². The summed E-state index contributed by atoms with van der Waals surface area (Å²) in [6.07, 6.45) is 0.252. The van der Waals surface area contributed by atoms with Gasteiger partial charge in [0.2, 0.25) is 5.91 Å². The second-order valence-electron chi connectivity index (χ2n) is 6.30. The topological polar surface area (TPSA) is 79.0 Å². The lowest BCUT2D eigenvalue weighted by Crippen LogP contribution is -2.33. The van der Waals surface area contributed by atoms with E-state index in [1.54, 1.807) is 11.9 Å². The van der Waals surface area contributed by atoms with E-state index in [1.165, 1.54) is 27.7 Å². The van der Waals surface area contributed by atoms with Crippen LogP contribution in [0.2, 0.25) is 0 Å². The number of anilines is 1. The summed E-state index contributed by atoms with van der Waals surface area (Å²) < 4.78 is 1.50. The van der Waals surface area contributed by atoms with E-state index in [9.17, 15) is 9.59 Å². The van der Waals surface area contributed by atoms with Gasteiger partial charge in [-0.1, -0.05) is 30.0 Å². The Morgan fingerprint density at radius 1 is 1.32 bits per heavy atom. The zero-order valence-electron chi connectivity index (χ0n) is 15.9. The van der Waals surface area contributed by atoms with Crippen molar-refractivity contribution in [3.05, 3.63) is 51.1 Å². The molecule has 3 rings (SSSR count). The normalized spacial score (nSPS) is 10.8. The molecule has 0 radical (unpaired) electrons. The van der Waals surface area contributed by atoms with Crippen LogP contribution in [0.4, 0.5) is 5.69 Å². The van der Waals surface area contributed by atoms with Crippen LogP contribution in [0.25, 0.3) is 10.2 Å². The second-order valence-corrected chi connectivity index (χ2v) is 8.45. The number of aromatic nitrogens is 2. The monoisotopic (exact) mass is 412 g/mol. The molecule has 0 unspecified atom stereocenters. The van der Waals surface area contributed by atoms with E-state index < -0.39 is 0 Å². The van der Waals surface area contributed by atoms with E-state index in [0.717, 1.165) is 16.1 Å². The van der Waals surface area contributed by atoms with Crippen LogP contribution in [-0.2, 0) is 11.8 Å². The van der Waals surface area contributed by atoms with Crippen LogP contribution >= 0.6 is 23.1 Å². The first kappa shape index (κ1) is 20.1. The molecule has 0 aliphatic carbocycles. The third-order valence-corrected chi connectivity index (χ3v) is 6.63. The first-order valence-electron chi connectivity index (χ1n) is 8.76. The average molecular weight is 413 g/mol. The van der Waals surface area contributed by atoms with Crippen LogP contribution in [-0.4, -0.2) is 27.8 Å². The number of nitrogens with zero attached hydrogens (tertiary/aromatic N) is 4. The van der Waals surface area contributed by atoms with Gasteiger partial charge in [-0.25, -0.2) is 4.98 Å². The Bertz CT molecular complexity index is 1110. The van der Waals surface area contributed by atoms with Gasteiger partial charge in [-0.05, 0) is 31.5 Å². The Morgan fingerprint density at radius 2 is 2.04 bits per heavy atom. The number of amides is 1. The number of fused-ring (bicyclic) bond motifs is 1. The maximum Gasteiger partial charge on any atom is 0.262 e. The highest BCUT2D eigenvalue weighted by molar-refractivity contribution is 7.99. The van der Waals surface area contributed by atoms with Gasteiger partial charge in [0.1, 0.15) is 4.83 Å². The highest BCUT2D eigenvalue weighted by atomic mass is 32.2. The molecule has 0 aliphatic heterocycles. The van der Waals surface area contributed by atoms with Gasteiger partial charge in [-0.3, -0.25) is 14.2 Å². The highest BCUT2D eigenvalue weighted by Crippen LogP contribution is 2.28. The largest absolute Gasteiger partial charge is 0.311 e. The van der Waals surface area contributed by atoms with Gasteiger partial charge in [0.15, 0.2) is 5.16 Å². The highest BCUT2D eigenvalue weighted by Gasteiger charge is 2.19. The SMILES string of the molecule is Cc1sc2nc(SCC(=O)N(CCC#N)c3ccccc3)n(C)c(=O)c2c1C. The number of hydrogen-bond acceptors (Lipinski definition) is 6. The minimum absolute atomic E-state index is 0.0915. The molecule has 0 N–H and O–H groups in total. The molecule has 0 saturated carbocycles. The quantitative estimate of drug-likeness (QED) is 0.456. The second kappa shape index (κ2) is 8.59. The van der Waals surface area contributed by atoms with E-state index in [0.29, 0.717) is 21.9 Å². The first-order chi connectivity index (χ1) is 13.4. The van der Waals surface area contributed by atoms with E-state index in [-0.39, 0.29) is 23.6 Å². The number of thioether (sulfide) groups is 1. The summed E-state index contributed by atoms with van der Waals surface area (Å²) in [6.45, 7) is 4.24. The number of nitriles is 1. The molecule has 144 valence electrons. The zero-order valence-corrected chi connectivity index (χ0v) is 17.6. The Morgan fingerprint density at radius 3 is 2.71 bits per heavy atom. The van der Waals surface area contributed by atoms with Crippen LogP contribution in [0.5, 0.6) is 0 Å². The minimum Gasteiger partial charge on any atom is -0.311 e. The summed E-state index contributed by atoms with van der Waals surface area (Å²) in [7, 11) is 1.68. The van der Waals surface area contributed by atoms with Gasteiger partial charge >= 0.3 is 0 Å². The summed E-state index contributed by atoms with van der Waals surface area (Å²) in [4.78, 5) is 33.5. The molecule has 1 aromatic carbocycles. The maximum atomic E-state index is 12.8. The lowest BCUT2D eigenvalue weighted by molar-refractivity contribution is -0.116. The van der Waals surface area contributed by atoms with Crippen molar-refractivity contribution in [2.45, 2.75) is 25.4 Å².